The van der Waals surface area contributed by atoms with Crippen molar-refractivity contribution in [1.29, 1.82) is 0 Å². The fourth-order valence-electron chi connectivity index (χ4n) is 3.67. The minimum atomic E-state index is -0.450. The highest BCUT2D eigenvalue weighted by Crippen LogP contribution is 2.31. The predicted molar refractivity (Wildman–Crippen MR) is 137 cm³/mol. The van der Waals surface area contributed by atoms with E-state index in [0.29, 0.717) is 33.7 Å². The topological polar surface area (TPSA) is 67.9 Å². The molecule has 0 spiro atoms. The number of nitrogens with one attached hydrogen (secondary N) is 1. The third kappa shape index (κ3) is 5.96. The van der Waals surface area contributed by atoms with Gasteiger partial charge in [0, 0.05) is 0 Å². The molecule has 1 fully saturated rings. The van der Waals surface area contributed by atoms with Gasteiger partial charge in [-0.05, 0) is 60.9 Å². The Balaban J connectivity index is 1.50. The lowest BCUT2D eigenvalue weighted by molar-refractivity contribution is -0.123. The van der Waals surface area contributed by atoms with Crippen LogP contribution in [0.4, 0.5) is 4.79 Å². The van der Waals surface area contributed by atoms with E-state index in [-0.39, 0.29) is 24.8 Å². The van der Waals surface area contributed by atoms with Crippen LogP contribution in [-0.2, 0) is 17.9 Å². The summed E-state index contributed by atoms with van der Waals surface area (Å²) in [7, 11) is 0. The molecular formula is C27H24Cl2N2O4. The summed E-state index contributed by atoms with van der Waals surface area (Å²) in [5.74, 6) is 0.688. The molecule has 3 aromatic carbocycles. The first kappa shape index (κ1) is 24.6. The van der Waals surface area contributed by atoms with E-state index < -0.39 is 6.03 Å². The summed E-state index contributed by atoms with van der Waals surface area (Å²) in [5, 5.41) is 3.60. The number of aryl methyl sites for hydroxylation is 1. The van der Waals surface area contributed by atoms with Crippen molar-refractivity contribution in [2.24, 2.45) is 0 Å². The number of amides is 3. The zero-order valence-corrected chi connectivity index (χ0v) is 20.8. The van der Waals surface area contributed by atoms with Gasteiger partial charge in [-0.25, -0.2) is 4.79 Å². The van der Waals surface area contributed by atoms with E-state index in [1.807, 2.05) is 44.2 Å². The largest absolute Gasteiger partial charge is 0.490 e. The van der Waals surface area contributed by atoms with Crippen molar-refractivity contribution in [3.63, 3.8) is 0 Å². The molecule has 4 rings (SSSR count). The monoisotopic (exact) mass is 510 g/mol. The van der Waals surface area contributed by atoms with Gasteiger partial charge in [0.25, 0.3) is 5.91 Å². The zero-order chi connectivity index (χ0) is 24.9. The van der Waals surface area contributed by atoms with Crippen LogP contribution in [0.25, 0.3) is 6.08 Å². The van der Waals surface area contributed by atoms with Crippen LogP contribution < -0.4 is 14.8 Å². The van der Waals surface area contributed by atoms with Gasteiger partial charge in [0.2, 0.25) is 0 Å². The van der Waals surface area contributed by atoms with Crippen LogP contribution in [0.2, 0.25) is 10.0 Å². The highest BCUT2D eigenvalue weighted by Gasteiger charge is 2.33. The summed E-state index contributed by atoms with van der Waals surface area (Å²) in [6.07, 6.45) is 1.63. The summed E-state index contributed by atoms with van der Waals surface area (Å²) in [5.41, 5.74) is 3.71. The van der Waals surface area contributed by atoms with Gasteiger partial charge in [0.15, 0.2) is 11.5 Å². The summed E-state index contributed by atoms with van der Waals surface area (Å²) >= 11 is 12.1. The molecule has 0 atom stereocenters. The van der Waals surface area contributed by atoms with Crippen LogP contribution in [-0.4, -0.2) is 23.4 Å². The lowest BCUT2D eigenvalue weighted by Gasteiger charge is -2.13. The molecule has 0 radical (unpaired) electrons. The van der Waals surface area contributed by atoms with E-state index in [0.717, 1.165) is 16.7 Å². The minimum absolute atomic E-state index is 0.203. The second kappa shape index (κ2) is 10.8. The van der Waals surface area contributed by atoms with E-state index in [1.165, 1.54) is 4.90 Å². The van der Waals surface area contributed by atoms with Gasteiger partial charge < -0.3 is 14.8 Å². The molecule has 3 amide bonds. The number of benzene rings is 3. The fourth-order valence-corrected chi connectivity index (χ4v) is 3.99. The average molecular weight is 511 g/mol. The standard InChI is InChI=1S/C27H24Cl2N2O4/c1-3-34-25-14-18(8-10-24(25)35-16-20-7-9-21(28)22(29)12-20)13-23-26(32)31(27(33)30-23)15-19-6-4-5-17(2)11-19/h4-14H,3,15-16H2,1-2H3,(H,30,33)/b23-13+. The summed E-state index contributed by atoms with van der Waals surface area (Å²) < 4.78 is 11.7. The second-order valence-corrected chi connectivity index (χ2v) is 8.86. The third-order valence-electron chi connectivity index (χ3n) is 5.34. The Morgan fingerprint density at radius 2 is 1.74 bits per heavy atom. The van der Waals surface area contributed by atoms with Crippen LogP contribution in [0, 0.1) is 6.92 Å². The van der Waals surface area contributed by atoms with E-state index in [4.69, 9.17) is 32.7 Å². The van der Waals surface area contributed by atoms with Crippen molar-refractivity contribution in [2.75, 3.05) is 6.61 Å². The molecule has 35 heavy (non-hydrogen) atoms. The molecule has 1 saturated heterocycles. The Bertz CT molecular complexity index is 1310. The molecule has 0 aliphatic carbocycles. The Morgan fingerprint density at radius 1 is 0.914 bits per heavy atom. The van der Waals surface area contributed by atoms with Gasteiger partial charge in [0.1, 0.15) is 12.3 Å². The van der Waals surface area contributed by atoms with Gasteiger partial charge in [-0.3, -0.25) is 9.69 Å². The molecule has 8 heteroatoms. The normalized spacial score (nSPS) is 14.4. The number of hydrogen-bond donors (Lipinski definition) is 1. The number of hydrogen-bond acceptors (Lipinski definition) is 4. The Kier molecular flexibility index (Phi) is 7.63. The van der Waals surface area contributed by atoms with Crippen LogP contribution in [0.1, 0.15) is 29.2 Å². The number of nitrogens with zero attached hydrogens (tertiary/aromatic N) is 1. The van der Waals surface area contributed by atoms with Crippen LogP contribution >= 0.6 is 23.2 Å². The lowest BCUT2D eigenvalue weighted by atomic mass is 10.1. The molecule has 0 unspecified atom stereocenters. The lowest BCUT2D eigenvalue weighted by Crippen LogP contribution is -2.30. The Morgan fingerprint density at radius 3 is 2.49 bits per heavy atom. The predicted octanol–water partition coefficient (Wildman–Crippen LogP) is 6.37. The fraction of sp³-hybridized carbons (Fsp3) is 0.185. The van der Waals surface area contributed by atoms with Crippen molar-refractivity contribution in [3.05, 3.63) is 98.7 Å². The molecule has 3 aromatic rings. The third-order valence-corrected chi connectivity index (χ3v) is 6.08. The molecular weight excluding hydrogens is 487 g/mol. The number of carbonyl (C=O) groups excluding carboxylic acids is 2. The van der Waals surface area contributed by atoms with E-state index in [2.05, 4.69) is 5.32 Å². The Hall–Kier alpha value is -3.48. The highest BCUT2D eigenvalue weighted by molar-refractivity contribution is 6.42. The molecule has 0 aromatic heterocycles. The number of urea groups is 1. The first-order valence-electron chi connectivity index (χ1n) is 11.1. The van der Waals surface area contributed by atoms with Crippen molar-refractivity contribution in [3.8, 4) is 11.5 Å². The van der Waals surface area contributed by atoms with Crippen LogP contribution in [0.15, 0.2) is 66.4 Å². The maximum Gasteiger partial charge on any atom is 0.329 e. The molecule has 1 aliphatic heterocycles. The number of rotatable bonds is 8. The molecule has 1 heterocycles. The number of imide groups is 1. The van der Waals surface area contributed by atoms with Crippen molar-refractivity contribution >= 4 is 41.2 Å². The molecule has 180 valence electrons. The smallest absolute Gasteiger partial charge is 0.329 e. The van der Waals surface area contributed by atoms with Crippen molar-refractivity contribution in [2.45, 2.75) is 27.0 Å². The molecule has 6 nitrogen and oxygen atoms in total. The number of halogens is 2. The Labute approximate surface area is 214 Å². The number of carbonyl (C=O) groups is 2. The van der Waals surface area contributed by atoms with E-state index >= 15 is 0 Å². The second-order valence-electron chi connectivity index (χ2n) is 8.04. The van der Waals surface area contributed by atoms with Gasteiger partial charge in [-0.2, -0.15) is 0 Å². The van der Waals surface area contributed by atoms with Crippen LogP contribution in [0.5, 0.6) is 11.5 Å². The zero-order valence-electron chi connectivity index (χ0n) is 19.3. The van der Waals surface area contributed by atoms with Gasteiger partial charge in [-0.1, -0.05) is 65.2 Å². The first-order chi connectivity index (χ1) is 16.8. The molecule has 1 N–H and O–H groups in total. The van der Waals surface area contributed by atoms with Gasteiger partial charge in [0.05, 0.1) is 23.2 Å². The van der Waals surface area contributed by atoms with Crippen molar-refractivity contribution < 1.29 is 19.1 Å². The quantitative estimate of drug-likeness (QED) is 0.282. The average Bonchev–Trinajstić information content (AvgIpc) is 3.08. The molecule has 0 saturated carbocycles. The maximum absolute atomic E-state index is 12.9. The molecule has 1 aliphatic rings. The van der Waals surface area contributed by atoms with Crippen molar-refractivity contribution in [1.82, 2.24) is 10.2 Å². The minimum Gasteiger partial charge on any atom is -0.490 e. The summed E-state index contributed by atoms with van der Waals surface area (Å²) in [6, 6.07) is 17.9. The van der Waals surface area contributed by atoms with E-state index in [9.17, 15) is 9.59 Å². The summed E-state index contributed by atoms with van der Waals surface area (Å²) in [6.45, 7) is 4.75. The highest BCUT2D eigenvalue weighted by atomic mass is 35.5. The first-order valence-corrected chi connectivity index (χ1v) is 11.8. The SMILES string of the molecule is CCOc1cc(/C=C2/NC(=O)N(Cc3cccc(C)c3)C2=O)ccc1OCc1ccc(Cl)c(Cl)c1. The maximum atomic E-state index is 12.9. The van der Waals surface area contributed by atoms with Gasteiger partial charge in [-0.15, -0.1) is 0 Å². The van der Waals surface area contributed by atoms with Gasteiger partial charge >= 0.3 is 6.03 Å². The van der Waals surface area contributed by atoms with Crippen LogP contribution in [0.3, 0.4) is 0 Å². The van der Waals surface area contributed by atoms with E-state index in [1.54, 1.807) is 36.4 Å². The molecule has 0 bridgehead atoms. The number of ether oxygens (including phenoxy) is 2. The summed E-state index contributed by atoms with van der Waals surface area (Å²) in [4.78, 5) is 26.5.